The summed E-state index contributed by atoms with van der Waals surface area (Å²) in [6, 6.07) is 0.300. The smallest absolute Gasteiger partial charge is 0.223 e. The molecule has 1 amide bonds. The minimum absolute atomic E-state index is 0.0178. The molecule has 0 aromatic heterocycles. The van der Waals surface area contributed by atoms with Crippen LogP contribution in [-0.4, -0.2) is 36.2 Å². The van der Waals surface area contributed by atoms with Gasteiger partial charge in [0.1, 0.15) is 0 Å². The van der Waals surface area contributed by atoms with E-state index >= 15 is 0 Å². The lowest BCUT2D eigenvalue weighted by Crippen LogP contribution is -2.47. The summed E-state index contributed by atoms with van der Waals surface area (Å²) in [7, 11) is 0. The van der Waals surface area contributed by atoms with E-state index in [-0.39, 0.29) is 30.4 Å². The van der Waals surface area contributed by atoms with E-state index in [0.29, 0.717) is 6.04 Å². The van der Waals surface area contributed by atoms with E-state index in [2.05, 4.69) is 17.6 Å². The van der Waals surface area contributed by atoms with E-state index in [1.807, 2.05) is 13.8 Å². The van der Waals surface area contributed by atoms with Crippen molar-refractivity contribution in [3.63, 3.8) is 0 Å². The fraction of sp³-hybridized carbons (Fsp3) is 0.917. The van der Waals surface area contributed by atoms with Crippen molar-refractivity contribution < 1.29 is 9.90 Å². The average molecular weight is 228 g/mol. The Bertz CT molecular complexity index is 231. The van der Waals surface area contributed by atoms with Crippen LogP contribution < -0.4 is 10.6 Å². The number of carbonyl (C=O) groups is 1. The van der Waals surface area contributed by atoms with Gasteiger partial charge in [0.05, 0.1) is 12.6 Å². The third-order valence-corrected chi connectivity index (χ3v) is 3.32. The fourth-order valence-corrected chi connectivity index (χ4v) is 2.09. The average Bonchev–Trinajstić information content (AvgIpc) is 2.25. The number of piperidine rings is 1. The molecule has 4 heteroatoms. The van der Waals surface area contributed by atoms with E-state index in [1.165, 1.54) is 0 Å². The van der Waals surface area contributed by atoms with Gasteiger partial charge in [-0.1, -0.05) is 13.8 Å². The van der Waals surface area contributed by atoms with Gasteiger partial charge in [0, 0.05) is 12.0 Å². The Balaban J connectivity index is 2.44. The third-order valence-electron chi connectivity index (χ3n) is 3.32. The maximum absolute atomic E-state index is 12.0. The Kier molecular flexibility index (Phi) is 5.22. The van der Waals surface area contributed by atoms with Crippen LogP contribution in [0.25, 0.3) is 0 Å². The van der Waals surface area contributed by atoms with Gasteiger partial charge in [-0.25, -0.2) is 0 Å². The number of rotatable bonds is 4. The molecular formula is C12H24N2O2. The summed E-state index contributed by atoms with van der Waals surface area (Å²) >= 11 is 0. The van der Waals surface area contributed by atoms with Crippen LogP contribution in [0.1, 0.15) is 33.6 Å². The maximum atomic E-state index is 12.0. The van der Waals surface area contributed by atoms with Crippen molar-refractivity contribution in [2.45, 2.75) is 45.7 Å². The Hall–Kier alpha value is -0.610. The van der Waals surface area contributed by atoms with Crippen molar-refractivity contribution in [2.75, 3.05) is 13.2 Å². The summed E-state index contributed by atoms with van der Waals surface area (Å²) < 4.78 is 0. The lowest BCUT2D eigenvalue weighted by Gasteiger charge is -2.29. The van der Waals surface area contributed by atoms with Crippen molar-refractivity contribution in [1.82, 2.24) is 10.6 Å². The van der Waals surface area contributed by atoms with E-state index in [9.17, 15) is 4.79 Å². The zero-order chi connectivity index (χ0) is 12.1. The van der Waals surface area contributed by atoms with Gasteiger partial charge < -0.3 is 15.7 Å². The van der Waals surface area contributed by atoms with Crippen LogP contribution in [0.5, 0.6) is 0 Å². The third kappa shape index (κ3) is 3.76. The van der Waals surface area contributed by atoms with Gasteiger partial charge in [-0.2, -0.15) is 0 Å². The molecule has 0 aromatic rings. The van der Waals surface area contributed by atoms with Crippen LogP contribution in [0.3, 0.4) is 0 Å². The predicted molar refractivity (Wildman–Crippen MR) is 64.0 cm³/mol. The number of carbonyl (C=O) groups excluding carboxylic acids is 1. The second kappa shape index (κ2) is 6.21. The molecule has 1 fully saturated rings. The highest BCUT2D eigenvalue weighted by Gasteiger charge is 2.26. The first kappa shape index (κ1) is 13.5. The minimum Gasteiger partial charge on any atom is -0.394 e. The van der Waals surface area contributed by atoms with Crippen molar-refractivity contribution in [1.29, 1.82) is 0 Å². The molecule has 0 bridgehead atoms. The monoisotopic (exact) mass is 228 g/mol. The van der Waals surface area contributed by atoms with Gasteiger partial charge in [-0.3, -0.25) is 4.79 Å². The predicted octanol–water partition coefficient (Wildman–Crippen LogP) is 0.508. The molecule has 0 spiro atoms. The number of aliphatic hydroxyl groups is 1. The number of amides is 1. The molecule has 1 rings (SSSR count). The van der Waals surface area contributed by atoms with Crippen LogP contribution in [0.2, 0.25) is 0 Å². The molecule has 0 aliphatic carbocycles. The maximum Gasteiger partial charge on any atom is 0.223 e. The van der Waals surface area contributed by atoms with Gasteiger partial charge in [-0.05, 0) is 32.2 Å². The number of hydrogen-bond acceptors (Lipinski definition) is 3. The largest absolute Gasteiger partial charge is 0.394 e. The molecular weight excluding hydrogens is 204 g/mol. The molecule has 16 heavy (non-hydrogen) atoms. The van der Waals surface area contributed by atoms with E-state index < -0.39 is 0 Å². The molecule has 1 heterocycles. The lowest BCUT2D eigenvalue weighted by atomic mass is 9.92. The van der Waals surface area contributed by atoms with Gasteiger partial charge in [-0.15, -0.1) is 0 Å². The van der Waals surface area contributed by atoms with Gasteiger partial charge in [0.15, 0.2) is 0 Å². The summed E-state index contributed by atoms with van der Waals surface area (Å²) in [5.74, 6) is 0.471. The van der Waals surface area contributed by atoms with Gasteiger partial charge in [0.25, 0.3) is 0 Å². The highest BCUT2D eigenvalue weighted by atomic mass is 16.3. The number of aliphatic hydroxyl groups excluding tert-OH is 1. The number of nitrogens with one attached hydrogen (secondary N) is 2. The first-order chi connectivity index (χ1) is 7.54. The van der Waals surface area contributed by atoms with Crippen molar-refractivity contribution in [2.24, 2.45) is 11.8 Å². The molecule has 1 aliphatic heterocycles. The first-order valence-corrected chi connectivity index (χ1v) is 6.19. The van der Waals surface area contributed by atoms with Gasteiger partial charge in [0.2, 0.25) is 5.91 Å². The van der Waals surface area contributed by atoms with Crippen molar-refractivity contribution in [3.05, 3.63) is 0 Å². The lowest BCUT2D eigenvalue weighted by molar-refractivity contribution is -0.127. The Morgan fingerprint density at radius 2 is 2.25 bits per heavy atom. The van der Waals surface area contributed by atoms with Crippen LogP contribution in [0, 0.1) is 11.8 Å². The zero-order valence-corrected chi connectivity index (χ0v) is 10.5. The summed E-state index contributed by atoms with van der Waals surface area (Å²) in [6.45, 7) is 7.04. The Morgan fingerprint density at radius 1 is 1.56 bits per heavy atom. The highest BCUT2D eigenvalue weighted by Crippen LogP contribution is 2.16. The fourth-order valence-electron chi connectivity index (χ4n) is 2.09. The summed E-state index contributed by atoms with van der Waals surface area (Å²) in [6.07, 6.45) is 1.79. The van der Waals surface area contributed by atoms with Crippen molar-refractivity contribution in [3.8, 4) is 0 Å². The van der Waals surface area contributed by atoms with Gasteiger partial charge >= 0.3 is 0 Å². The van der Waals surface area contributed by atoms with Crippen LogP contribution in [-0.2, 0) is 4.79 Å². The molecule has 94 valence electrons. The van der Waals surface area contributed by atoms with Crippen molar-refractivity contribution >= 4 is 5.91 Å². The summed E-state index contributed by atoms with van der Waals surface area (Å²) in [5, 5.41) is 15.4. The normalized spacial score (nSPS) is 27.8. The minimum atomic E-state index is -0.113. The standard InChI is InChI=1S/C12H24N2O2/c1-8(2)11(7-15)14-12(16)10-4-5-13-9(3)6-10/h8-11,13,15H,4-7H2,1-3H3,(H,14,16)/t9?,10?,11-/m1/s1. The highest BCUT2D eigenvalue weighted by molar-refractivity contribution is 5.79. The van der Waals surface area contributed by atoms with E-state index in [4.69, 9.17) is 5.11 Å². The summed E-state index contributed by atoms with van der Waals surface area (Å²) in [5.41, 5.74) is 0. The molecule has 0 radical (unpaired) electrons. The van der Waals surface area contributed by atoms with E-state index in [1.54, 1.807) is 0 Å². The molecule has 1 aliphatic rings. The van der Waals surface area contributed by atoms with Crippen LogP contribution in [0.4, 0.5) is 0 Å². The quantitative estimate of drug-likeness (QED) is 0.657. The molecule has 4 nitrogen and oxygen atoms in total. The second-order valence-electron chi connectivity index (χ2n) is 5.12. The molecule has 2 unspecified atom stereocenters. The molecule has 3 N–H and O–H groups in total. The van der Waals surface area contributed by atoms with Crippen LogP contribution in [0.15, 0.2) is 0 Å². The second-order valence-corrected chi connectivity index (χ2v) is 5.12. The molecule has 0 aromatic carbocycles. The SMILES string of the molecule is CC1CC(C(=O)N[C@H](CO)C(C)C)CCN1. The topological polar surface area (TPSA) is 61.4 Å². The molecule has 0 saturated carbocycles. The number of hydrogen-bond donors (Lipinski definition) is 3. The Labute approximate surface area is 97.8 Å². The zero-order valence-electron chi connectivity index (χ0n) is 10.5. The Morgan fingerprint density at radius 3 is 2.75 bits per heavy atom. The van der Waals surface area contributed by atoms with E-state index in [0.717, 1.165) is 19.4 Å². The molecule has 1 saturated heterocycles. The summed E-state index contributed by atoms with van der Waals surface area (Å²) in [4.78, 5) is 12.0. The van der Waals surface area contributed by atoms with Crippen LogP contribution >= 0.6 is 0 Å². The molecule has 3 atom stereocenters. The first-order valence-electron chi connectivity index (χ1n) is 6.19.